The van der Waals surface area contributed by atoms with Crippen molar-refractivity contribution in [3.05, 3.63) is 35.1 Å². The van der Waals surface area contributed by atoms with Gasteiger partial charge in [-0.1, -0.05) is 53.5 Å². The summed E-state index contributed by atoms with van der Waals surface area (Å²) in [5.74, 6) is 1.32. The molecular formula is C22H30O2. The van der Waals surface area contributed by atoms with Crippen molar-refractivity contribution in [2.75, 3.05) is 0 Å². The maximum absolute atomic E-state index is 11.2. The lowest BCUT2D eigenvalue weighted by Crippen LogP contribution is -2.13. The Balaban J connectivity index is 2.06. The standard InChI is InChI=1S/C22H30O2/c1-6-7-8-9-19-20(21(2,3)4)17-12-15(10-11-18(17)24-19)22(5)13-16(22)14-23/h10-12,14,16H,6-9,13H2,1-5H3/t16-,22+/m0/s1. The van der Waals surface area contributed by atoms with Crippen molar-refractivity contribution in [3.63, 3.8) is 0 Å². The molecule has 1 aromatic heterocycles. The summed E-state index contributed by atoms with van der Waals surface area (Å²) in [6.07, 6.45) is 6.73. The molecular weight excluding hydrogens is 296 g/mol. The van der Waals surface area contributed by atoms with Crippen LogP contribution in [0.25, 0.3) is 11.0 Å². The van der Waals surface area contributed by atoms with E-state index in [0.717, 1.165) is 30.5 Å². The lowest BCUT2D eigenvalue weighted by atomic mass is 9.83. The Morgan fingerprint density at radius 2 is 2.04 bits per heavy atom. The summed E-state index contributed by atoms with van der Waals surface area (Å²) < 4.78 is 6.24. The van der Waals surface area contributed by atoms with E-state index in [1.54, 1.807) is 0 Å². The number of aldehydes is 1. The monoisotopic (exact) mass is 326 g/mol. The fourth-order valence-corrected chi connectivity index (χ4v) is 3.97. The highest BCUT2D eigenvalue weighted by Gasteiger charge is 2.51. The number of aryl methyl sites for hydroxylation is 1. The molecule has 1 saturated carbocycles. The van der Waals surface area contributed by atoms with Crippen LogP contribution in [-0.4, -0.2) is 6.29 Å². The third-order valence-corrected chi connectivity index (χ3v) is 5.64. The van der Waals surface area contributed by atoms with Gasteiger partial charge in [-0.2, -0.15) is 0 Å². The van der Waals surface area contributed by atoms with E-state index in [9.17, 15) is 4.79 Å². The molecule has 0 spiro atoms. The number of hydrogen-bond acceptors (Lipinski definition) is 2. The highest BCUT2D eigenvalue weighted by Crippen LogP contribution is 2.53. The molecule has 0 aliphatic heterocycles. The Hall–Kier alpha value is -1.57. The molecule has 0 radical (unpaired) electrons. The fraction of sp³-hybridized carbons (Fsp3) is 0.591. The Morgan fingerprint density at radius 3 is 2.62 bits per heavy atom. The van der Waals surface area contributed by atoms with Crippen LogP contribution in [0.5, 0.6) is 0 Å². The molecule has 2 aromatic rings. The number of benzene rings is 1. The van der Waals surface area contributed by atoms with Crippen LogP contribution in [-0.2, 0) is 22.0 Å². The molecule has 0 bridgehead atoms. The van der Waals surface area contributed by atoms with Gasteiger partial charge < -0.3 is 9.21 Å². The van der Waals surface area contributed by atoms with Gasteiger partial charge in [-0.15, -0.1) is 0 Å². The second-order valence-corrected chi connectivity index (χ2v) is 8.68. The quantitative estimate of drug-likeness (QED) is 0.486. The van der Waals surface area contributed by atoms with Crippen molar-refractivity contribution in [3.8, 4) is 0 Å². The zero-order valence-corrected chi connectivity index (χ0v) is 15.7. The molecule has 1 aromatic carbocycles. The number of carbonyl (C=O) groups excluding carboxylic acids is 1. The van der Waals surface area contributed by atoms with E-state index in [4.69, 9.17) is 4.42 Å². The first-order valence-corrected chi connectivity index (χ1v) is 9.33. The average Bonchev–Trinajstić information content (AvgIpc) is 3.05. The van der Waals surface area contributed by atoms with E-state index in [-0.39, 0.29) is 16.7 Å². The van der Waals surface area contributed by atoms with Gasteiger partial charge in [0.2, 0.25) is 0 Å². The first kappa shape index (κ1) is 17.3. The summed E-state index contributed by atoms with van der Waals surface area (Å²) >= 11 is 0. The summed E-state index contributed by atoms with van der Waals surface area (Å²) in [4.78, 5) is 11.2. The van der Waals surface area contributed by atoms with E-state index >= 15 is 0 Å². The molecule has 1 fully saturated rings. The molecule has 1 heterocycles. The van der Waals surface area contributed by atoms with E-state index in [2.05, 4.69) is 52.8 Å². The van der Waals surface area contributed by atoms with Crippen LogP contribution in [0, 0.1) is 5.92 Å². The maximum Gasteiger partial charge on any atom is 0.134 e. The third kappa shape index (κ3) is 2.92. The van der Waals surface area contributed by atoms with E-state index in [0.29, 0.717) is 0 Å². The van der Waals surface area contributed by atoms with Crippen molar-refractivity contribution in [2.24, 2.45) is 5.92 Å². The van der Waals surface area contributed by atoms with Gasteiger partial charge >= 0.3 is 0 Å². The smallest absolute Gasteiger partial charge is 0.134 e. The van der Waals surface area contributed by atoms with Crippen LogP contribution in [0.4, 0.5) is 0 Å². The molecule has 2 nitrogen and oxygen atoms in total. The van der Waals surface area contributed by atoms with E-state index in [1.807, 2.05) is 0 Å². The molecule has 3 rings (SSSR count). The van der Waals surface area contributed by atoms with Crippen molar-refractivity contribution in [2.45, 2.75) is 77.6 Å². The van der Waals surface area contributed by atoms with Gasteiger partial charge in [-0.05, 0) is 36.0 Å². The number of rotatable bonds is 6. The minimum Gasteiger partial charge on any atom is -0.461 e. The number of furan rings is 1. The molecule has 0 saturated heterocycles. The Morgan fingerprint density at radius 1 is 1.29 bits per heavy atom. The Labute approximate surface area is 145 Å². The molecule has 1 aliphatic rings. The van der Waals surface area contributed by atoms with Crippen LogP contribution in [0.2, 0.25) is 0 Å². The van der Waals surface area contributed by atoms with Crippen molar-refractivity contribution < 1.29 is 9.21 Å². The normalized spacial score (nSPS) is 23.6. The second kappa shape index (κ2) is 6.06. The minimum absolute atomic E-state index is 0.0186. The van der Waals surface area contributed by atoms with Crippen molar-refractivity contribution in [1.82, 2.24) is 0 Å². The zero-order valence-electron chi connectivity index (χ0n) is 15.7. The Kier molecular flexibility index (Phi) is 4.36. The summed E-state index contributed by atoms with van der Waals surface area (Å²) in [5.41, 5.74) is 3.69. The van der Waals surface area contributed by atoms with Crippen molar-refractivity contribution >= 4 is 17.3 Å². The van der Waals surface area contributed by atoms with Crippen LogP contribution >= 0.6 is 0 Å². The number of carbonyl (C=O) groups is 1. The van der Waals surface area contributed by atoms with E-state index in [1.165, 1.54) is 35.8 Å². The molecule has 2 heteroatoms. The highest BCUT2D eigenvalue weighted by molar-refractivity contribution is 5.85. The Bertz CT molecular complexity index is 747. The van der Waals surface area contributed by atoms with Crippen LogP contribution < -0.4 is 0 Å². The van der Waals surface area contributed by atoms with Gasteiger partial charge in [-0.25, -0.2) is 0 Å². The average molecular weight is 326 g/mol. The first-order chi connectivity index (χ1) is 11.3. The molecule has 130 valence electrons. The van der Waals surface area contributed by atoms with Crippen LogP contribution in [0.15, 0.2) is 22.6 Å². The van der Waals surface area contributed by atoms with E-state index < -0.39 is 0 Å². The third-order valence-electron chi connectivity index (χ3n) is 5.64. The maximum atomic E-state index is 11.2. The molecule has 2 atom stereocenters. The van der Waals surface area contributed by atoms with Gasteiger partial charge in [0, 0.05) is 28.7 Å². The summed E-state index contributed by atoms with van der Waals surface area (Å²) in [5, 5.41) is 1.24. The van der Waals surface area contributed by atoms with Gasteiger partial charge in [0.1, 0.15) is 17.6 Å². The highest BCUT2D eigenvalue weighted by atomic mass is 16.3. The molecule has 0 N–H and O–H groups in total. The number of fused-ring (bicyclic) bond motifs is 1. The van der Waals surface area contributed by atoms with Crippen molar-refractivity contribution in [1.29, 1.82) is 0 Å². The van der Waals surface area contributed by atoms with Gasteiger partial charge in [0.25, 0.3) is 0 Å². The van der Waals surface area contributed by atoms with Gasteiger partial charge in [-0.3, -0.25) is 0 Å². The fourth-order valence-electron chi connectivity index (χ4n) is 3.97. The number of hydrogen-bond donors (Lipinski definition) is 0. The summed E-state index contributed by atoms with van der Waals surface area (Å²) in [6, 6.07) is 6.54. The molecule has 1 aliphatic carbocycles. The largest absolute Gasteiger partial charge is 0.461 e. The van der Waals surface area contributed by atoms with Crippen LogP contribution in [0.3, 0.4) is 0 Å². The minimum atomic E-state index is 0.0186. The second-order valence-electron chi connectivity index (χ2n) is 8.68. The lowest BCUT2D eigenvalue weighted by Gasteiger charge is -2.20. The van der Waals surface area contributed by atoms with Gasteiger partial charge in [0.15, 0.2) is 0 Å². The summed E-state index contributed by atoms with van der Waals surface area (Å²) in [7, 11) is 0. The predicted molar refractivity (Wildman–Crippen MR) is 99.7 cm³/mol. The lowest BCUT2D eigenvalue weighted by molar-refractivity contribution is -0.109. The summed E-state index contributed by atoms with van der Waals surface area (Å²) in [6.45, 7) is 11.2. The first-order valence-electron chi connectivity index (χ1n) is 9.33. The molecule has 0 amide bonds. The zero-order chi connectivity index (χ0) is 17.5. The van der Waals surface area contributed by atoms with Crippen LogP contribution in [0.1, 0.15) is 77.2 Å². The SMILES string of the molecule is CCCCCc1oc2ccc([C@@]3(C)C[C@H]3C=O)cc2c1C(C)(C)C. The van der Waals surface area contributed by atoms with Gasteiger partial charge in [0.05, 0.1) is 0 Å². The molecule has 0 unspecified atom stereocenters. The predicted octanol–water partition coefficient (Wildman–Crippen LogP) is 5.94. The topological polar surface area (TPSA) is 30.2 Å². The molecule has 24 heavy (non-hydrogen) atoms. The number of unbranched alkanes of at least 4 members (excludes halogenated alkanes) is 2.